The summed E-state index contributed by atoms with van der Waals surface area (Å²) >= 11 is 0. The third-order valence-corrected chi connectivity index (χ3v) is 4.86. The number of nitrogens with one attached hydrogen (secondary N) is 1. The first-order valence-corrected chi connectivity index (χ1v) is 8.92. The lowest BCUT2D eigenvalue weighted by Gasteiger charge is -2.22. The minimum Gasteiger partial charge on any atom is -0.343 e. The predicted octanol–water partition coefficient (Wildman–Crippen LogP) is 1.48. The van der Waals surface area contributed by atoms with Crippen LogP contribution in [0.15, 0.2) is 0 Å². The molecule has 0 aliphatic carbocycles. The molecule has 0 radical (unpaired) electrons. The SMILES string of the molecule is CCCN(CCC)C(=O)CCCC(=O)N1C[C@H]2CNC[C@H]2C1. The van der Waals surface area contributed by atoms with Gasteiger partial charge in [-0.25, -0.2) is 0 Å². The Labute approximate surface area is 134 Å². The number of amides is 2. The Morgan fingerprint density at radius 3 is 2.18 bits per heavy atom. The third-order valence-electron chi connectivity index (χ3n) is 4.86. The van der Waals surface area contributed by atoms with E-state index in [0.717, 1.165) is 52.1 Å². The highest BCUT2D eigenvalue weighted by Gasteiger charge is 2.37. The molecular formula is C17H31N3O2. The van der Waals surface area contributed by atoms with Crippen molar-refractivity contribution in [2.24, 2.45) is 11.8 Å². The van der Waals surface area contributed by atoms with Crippen molar-refractivity contribution in [1.82, 2.24) is 15.1 Å². The van der Waals surface area contributed by atoms with Crippen molar-refractivity contribution in [3.63, 3.8) is 0 Å². The summed E-state index contributed by atoms with van der Waals surface area (Å²) in [4.78, 5) is 28.4. The van der Waals surface area contributed by atoms with Gasteiger partial charge >= 0.3 is 0 Å². The largest absolute Gasteiger partial charge is 0.343 e. The summed E-state index contributed by atoms with van der Waals surface area (Å²) in [6, 6.07) is 0. The van der Waals surface area contributed by atoms with Gasteiger partial charge in [-0.1, -0.05) is 13.8 Å². The molecule has 22 heavy (non-hydrogen) atoms. The van der Waals surface area contributed by atoms with Crippen LogP contribution in [0.3, 0.4) is 0 Å². The lowest BCUT2D eigenvalue weighted by molar-refractivity contribution is -0.132. The second-order valence-electron chi connectivity index (χ2n) is 6.71. The summed E-state index contributed by atoms with van der Waals surface area (Å²) in [5.74, 6) is 1.74. The Hall–Kier alpha value is -1.10. The van der Waals surface area contributed by atoms with Gasteiger partial charge in [0.15, 0.2) is 0 Å². The fraction of sp³-hybridized carbons (Fsp3) is 0.882. The molecule has 2 saturated heterocycles. The zero-order valence-corrected chi connectivity index (χ0v) is 14.1. The number of hydrogen-bond acceptors (Lipinski definition) is 3. The van der Waals surface area contributed by atoms with Crippen LogP contribution in [0.1, 0.15) is 46.0 Å². The molecule has 2 amide bonds. The van der Waals surface area contributed by atoms with Gasteiger partial charge in [-0.15, -0.1) is 0 Å². The average molecular weight is 309 g/mol. The highest BCUT2D eigenvalue weighted by atomic mass is 16.2. The normalized spacial score (nSPS) is 23.6. The summed E-state index contributed by atoms with van der Waals surface area (Å²) < 4.78 is 0. The number of likely N-dealkylation sites (tertiary alicyclic amines) is 1. The second kappa shape index (κ2) is 8.51. The fourth-order valence-corrected chi connectivity index (χ4v) is 3.67. The molecule has 2 aliphatic heterocycles. The van der Waals surface area contributed by atoms with Crippen LogP contribution in [-0.4, -0.2) is 60.9 Å². The van der Waals surface area contributed by atoms with Crippen LogP contribution in [0.25, 0.3) is 0 Å². The Kier molecular flexibility index (Phi) is 6.68. The van der Waals surface area contributed by atoms with Crippen LogP contribution in [0.5, 0.6) is 0 Å². The molecule has 1 N–H and O–H groups in total. The smallest absolute Gasteiger partial charge is 0.222 e. The maximum atomic E-state index is 12.3. The molecule has 0 bridgehead atoms. The average Bonchev–Trinajstić information content (AvgIpc) is 3.08. The van der Waals surface area contributed by atoms with Crippen molar-refractivity contribution < 1.29 is 9.59 Å². The molecule has 2 aliphatic rings. The van der Waals surface area contributed by atoms with E-state index in [-0.39, 0.29) is 11.8 Å². The Balaban J connectivity index is 1.67. The van der Waals surface area contributed by atoms with Gasteiger partial charge in [0.2, 0.25) is 11.8 Å². The zero-order chi connectivity index (χ0) is 15.9. The van der Waals surface area contributed by atoms with Gasteiger partial charge in [0, 0.05) is 52.1 Å². The molecule has 0 unspecified atom stereocenters. The highest BCUT2D eigenvalue weighted by molar-refractivity contribution is 5.79. The van der Waals surface area contributed by atoms with Crippen molar-refractivity contribution in [2.45, 2.75) is 46.0 Å². The molecule has 2 atom stereocenters. The zero-order valence-electron chi connectivity index (χ0n) is 14.1. The van der Waals surface area contributed by atoms with Crippen LogP contribution in [0, 0.1) is 11.8 Å². The molecule has 5 nitrogen and oxygen atoms in total. The minimum absolute atomic E-state index is 0.207. The van der Waals surface area contributed by atoms with Crippen molar-refractivity contribution in [1.29, 1.82) is 0 Å². The number of hydrogen-bond donors (Lipinski definition) is 1. The van der Waals surface area contributed by atoms with Gasteiger partial charge in [0.1, 0.15) is 0 Å². The maximum absolute atomic E-state index is 12.3. The van der Waals surface area contributed by atoms with E-state index in [4.69, 9.17) is 0 Å². The van der Waals surface area contributed by atoms with E-state index in [1.165, 1.54) is 0 Å². The number of carbonyl (C=O) groups is 2. The summed E-state index contributed by atoms with van der Waals surface area (Å²) in [5, 5.41) is 3.39. The van der Waals surface area contributed by atoms with Crippen LogP contribution in [0.4, 0.5) is 0 Å². The molecule has 0 aromatic rings. The first-order valence-electron chi connectivity index (χ1n) is 8.92. The quantitative estimate of drug-likeness (QED) is 0.739. The number of fused-ring (bicyclic) bond motifs is 1. The summed E-state index contributed by atoms with van der Waals surface area (Å²) in [6.45, 7) is 9.78. The molecule has 0 aromatic heterocycles. The lowest BCUT2D eigenvalue weighted by atomic mass is 10.0. The number of carbonyl (C=O) groups excluding carboxylic acids is 2. The van der Waals surface area contributed by atoms with E-state index in [2.05, 4.69) is 19.2 Å². The van der Waals surface area contributed by atoms with Gasteiger partial charge in [-0.05, 0) is 31.1 Å². The van der Waals surface area contributed by atoms with Crippen LogP contribution in [-0.2, 0) is 9.59 Å². The van der Waals surface area contributed by atoms with Crippen LogP contribution in [0.2, 0.25) is 0 Å². The van der Waals surface area contributed by atoms with Crippen molar-refractivity contribution in [2.75, 3.05) is 39.3 Å². The summed E-state index contributed by atoms with van der Waals surface area (Å²) in [6.07, 6.45) is 3.70. The van der Waals surface area contributed by atoms with Crippen molar-refractivity contribution in [3.05, 3.63) is 0 Å². The molecule has 2 heterocycles. The monoisotopic (exact) mass is 309 g/mol. The molecular weight excluding hydrogens is 278 g/mol. The van der Waals surface area contributed by atoms with Crippen molar-refractivity contribution in [3.8, 4) is 0 Å². The van der Waals surface area contributed by atoms with Gasteiger partial charge < -0.3 is 15.1 Å². The Morgan fingerprint density at radius 2 is 1.64 bits per heavy atom. The molecule has 2 fully saturated rings. The molecule has 0 spiro atoms. The summed E-state index contributed by atoms with van der Waals surface area (Å²) in [5.41, 5.74) is 0. The van der Waals surface area contributed by atoms with E-state index < -0.39 is 0 Å². The molecule has 126 valence electrons. The molecule has 0 aromatic carbocycles. The van der Waals surface area contributed by atoms with Gasteiger partial charge in [-0.2, -0.15) is 0 Å². The Morgan fingerprint density at radius 1 is 1.05 bits per heavy atom. The third kappa shape index (κ3) is 4.45. The maximum Gasteiger partial charge on any atom is 0.222 e. The standard InChI is InChI=1S/C17H31N3O2/c1-3-8-19(9-4-2)16(21)6-5-7-17(22)20-12-14-10-18-11-15(14)13-20/h14-15,18H,3-13H2,1-2H3/t14-,15+. The minimum atomic E-state index is 0.207. The fourth-order valence-electron chi connectivity index (χ4n) is 3.67. The van der Waals surface area contributed by atoms with Crippen LogP contribution >= 0.6 is 0 Å². The van der Waals surface area contributed by atoms with Gasteiger partial charge in [-0.3, -0.25) is 9.59 Å². The molecule has 2 rings (SSSR count). The highest BCUT2D eigenvalue weighted by Crippen LogP contribution is 2.26. The van der Waals surface area contributed by atoms with E-state index in [0.29, 0.717) is 31.1 Å². The lowest BCUT2D eigenvalue weighted by Crippen LogP contribution is -2.33. The topological polar surface area (TPSA) is 52.7 Å². The van der Waals surface area contributed by atoms with Gasteiger partial charge in [0.05, 0.1) is 0 Å². The molecule has 0 saturated carbocycles. The number of nitrogens with zero attached hydrogens (tertiary/aromatic N) is 2. The first kappa shape index (κ1) is 17.3. The van der Waals surface area contributed by atoms with Crippen LogP contribution < -0.4 is 5.32 Å². The first-order chi connectivity index (χ1) is 10.7. The summed E-state index contributed by atoms with van der Waals surface area (Å²) in [7, 11) is 0. The van der Waals surface area contributed by atoms with E-state index >= 15 is 0 Å². The number of rotatable bonds is 8. The second-order valence-corrected chi connectivity index (χ2v) is 6.71. The van der Waals surface area contributed by atoms with Crippen molar-refractivity contribution >= 4 is 11.8 Å². The van der Waals surface area contributed by atoms with E-state index in [1.807, 2.05) is 9.80 Å². The molecule has 5 heteroatoms. The Bertz CT molecular complexity index is 368. The van der Waals surface area contributed by atoms with E-state index in [1.54, 1.807) is 0 Å². The van der Waals surface area contributed by atoms with E-state index in [9.17, 15) is 9.59 Å². The predicted molar refractivity (Wildman–Crippen MR) is 87.4 cm³/mol. The van der Waals surface area contributed by atoms with Gasteiger partial charge in [0.25, 0.3) is 0 Å².